The van der Waals surface area contributed by atoms with E-state index in [1.54, 1.807) is 0 Å². The van der Waals surface area contributed by atoms with Crippen LogP contribution in [0.15, 0.2) is 255 Å². The first kappa shape index (κ1) is 104. The molecule has 20 nitrogen and oxygen atoms in total. The van der Waals surface area contributed by atoms with E-state index < -0.39 is 29.8 Å². The predicted octanol–water partition coefficient (Wildman–Crippen LogP) is 28.7. The normalized spacial score (nSPS) is 11.1. The molecule has 140 heavy (non-hydrogen) atoms. The molecular weight excluding hydrogens is 1890 g/mol. The number of fused-ring (bicyclic) bond motifs is 7. The number of carboxylic acids is 5. The van der Waals surface area contributed by atoms with Crippen molar-refractivity contribution in [2.24, 2.45) is 0 Å². The summed E-state index contributed by atoms with van der Waals surface area (Å²) in [6, 6.07) is 74.0. The molecule has 0 spiro atoms. The first-order valence-electron chi connectivity index (χ1n) is 46.9. The van der Waals surface area contributed by atoms with E-state index in [-0.39, 0.29) is 32.1 Å². The van der Waals surface area contributed by atoms with Gasteiger partial charge in [0.15, 0.2) is 0 Å². The number of ether oxygens (including phenoxy) is 5. The molecule has 0 bridgehead atoms. The zero-order valence-electron chi connectivity index (χ0n) is 79.2. The monoisotopic (exact) mass is 2000 g/mol. The third-order valence-electron chi connectivity index (χ3n) is 24.4. The maximum atomic E-state index is 11.0. The van der Waals surface area contributed by atoms with Crippen molar-refractivity contribution in [3.05, 3.63) is 347 Å². The molecule has 0 amide bonds. The van der Waals surface area contributed by atoms with E-state index in [2.05, 4.69) is 60.9 Å². The summed E-state index contributed by atoms with van der Waals surface area (Å²) < 4.78 is 39.8. The average Bonchev–Trinajstić information content (AvgIpc) is 1.58. The maximum absolute atomic E-state index is 11.0. The van der Waals surface area contributed by atoms with Gasteiger partial charge < -0.3 is 72.1 Å². The third kappa shape index (κ3) is 28.6. The number of aliphatic carboxylic acids is 5. The molecule has 5 heterocycles. The van der Waals surface area contributed by atoms with E-state index in [1.165, 1.54) is 43.8 Å². The smallest absolute Gasteiger partial charge is 0.305 e. The number of nitrogens with zero attached hydrogens (tertiary/aromatic N) is 5. The lowest BCUT2D eigenvalue weighted by molar-refractivity contribution is -0.138. The molecule has 0 saturated heterocycles. The van der Waals surface area contributed by atoms with Crippen molar-refractivity contribution in [3.63, 3.8) is 0 Å². The molecule has 5 aromatic heterocycles. The van der Waals surface area contributed by atoms with E-state index in [0.717, 1.165) is 201 Å². The van der Waals surface area contributed by atoms with Gasteiger partial charge in [0.2, 0.25) is 0 Å². The molecule has 0 atom stereocenters. The molecular formula is C114H115Cl6N5O15. The highest BCUT2D eigenvalue weighted by Crippen LogP contribution is 2.37. The fourth-order valence-electron chi connectivity index (χ4n) is 17.6. The Morgan fingerprint density at radius 3 is 0.857 bits per heavy atom. The Hall–Kier alpha value is -13.1. The Balaban J connectivity index is 0.000000147. The van der Waals surface area contributed by atoms with E-state index in [0.29, 0.717) is 80.8 Å². The van der Waals surface area contributed by atoms with Crippen molar-refractivity contribution in [2.45, 2.75) is 171 Å². The Morgan fingerprint density at radius 2 is 0.521 bits per heavy atom. The number of aryl methyl sites for hydroxylation is 16. The minimum absolute atomic E-state index is 0.0775. The number of halogens is 6. The van der Waals surface area contributed by atoms with Gasteiger partial charge in [0, 0.05) is 154 Å². The zero-order chi connectivity index (χ0) is 99.5. The van der Waals surface area contributed by atoms with E-state index >= 15 is 0 Å². The number of rotatable bonds is 40. The fourth-order valence-corrected chi connectivity index (χ4v) is 18.5. The molecule has 0 saturated carbocycles. The van der Waals surface area contributed by atoms with Crippen LogP contribution >= 0.6 is 69.6 Å². The summed E-state index contributed by atoms with van der Waals surface area (Å²) in [6.45, 7) is 17.1. The van der Waals surface area contributed by atoms with Gasteiger partial charge in [-0.3, -0.25) is 24.0 Å². The van der Waals surface area contributed by atoms with Crippen LogP contribution in [-0.2, 0) is 88.8 Å². The predicted molar refractivity (Wildman–Crippen MR) is 566 cm³/mol. The minimum atomic E-state index is -0.813. The van der Waals surface area contributed by atoms with Crippen LogP contribution in [0.4, 0.5) is 0 Å². The Bertz CT molecular complexity index is 7130. The molecule has 17 aromatic rings. The molecule has 17 rings (SSSR count). The number of carboxylic acid groups (broad SMARTS) is 5. The van der Waals surface area contributed by atoms with E-state index in [9.17, 15) is 24.0 Å². The van der Waals surface area contributed by atoms with Crippen LogP contribution in [0.25, 0.3) is 76.1 Å². The minimum Gasteiger partial charge on any atom is -0.494 e. The molecule has 0 fully saturated rings. The second-order valence-corrected chi connectivity index (χ2v) is 37.2. The molecule has 0 radical (unpaired) electrons. The van der Waals surface area contributed by atoms with E-state index in [4.69, 9.17) is 119 Å². The lowest BCUT2D eigenvalue weighted by Gasteiger charge is -2.10. The van der Waals surface area contributed by atoms with Crippen molar-refractivity contribution >= 4 is 176 Å². The molecule has 26 heteroatoms. The van der Waals surface area contributed by atoms with Crippen LogP contribution in [0.5, 0.6) is 28.7 Å². The fraction of sp³-hybridized carbons (Fsp3) is 0.272. The second-order valence-electron chi connectivity index (χ2n) is 34.8. The summed E-state index contributed by atoms with van der Waals surface area (Å²) in [4.78, 5) is 54.6. The van der Waals surface area contributed by atoms with Gasteiger partial charge in [0.25, 0.3) is 0 Å². The highest BCUT2D eigenvalue weighted by Gasteiger charge is 2.20. The van der Waals surface area contributed by atoms with Gasteiger partial charge in [0.1, 0.15) is 28.7 Å². The standard InChI is InChI=1S/C24H22ClNO3.C24H23NO3.2C22H23Cl2NO3.C22H24ClNO3/c25-19-10-11-20-18(16-26(22(20)15-19)13-12-24(27)28)7-4-14-29-23-9-3-6-17-5-1-2-8-21(17)23;26-24(27)14-15-25-17-19(20-10-3-4-12-22(20)25)9-6-16-28-23-13-5-8-18-7-1-2-11-21(18)23;1-14-11-17(12-15(2)22(14)24)28-10-4-5-16-13-25(9-8-20(26)27)19-7-3-6-18(23)21(16)19;1-14-10-18(11-15(2)22(14)24)28-9-3-4-16-13-25(8-7-21(26)27)20-12-17(23)5-6-19(16)20;1-15-12-18(13-16(2)22(15)23)27-11-5-6-17-14-24(10-9-21(25)26)20-8-4-3-7-19(17)20/h1-3,5-6,8-11,15-16H,4,7,12-14H2,(H,27,28);1-5,7-8,10-13,17H,6,9,14-16H2,(H,26,27);3,6-7,11-13H,4-5,8-10H2,1-2H3,(H,26,27);5-6,10-13H,3-4,7-9H2,1-2H3,(H,26,27);3-4,7-8,12-14H,5-6,9-11H2,1-2H3,(H,25,26). The summed E-state index contributed by atoms with van der Waals surface area (Å²) in [5, 5.41) is 59.4. The van der Waals surface area contributed by atoms with Gasteiger partial charge in [0.05, 0.1) is 70.2 Å². The summed E-state index contributed by atoms with van der Waals surface area (Å²) in [5.41, 5.74) is 17.1. The number of aromatic nitrogens is 5. The molecule has 0 aliphatic carbocycles. The van der Waals surface area contributed by atoms with Crippen molar-refractivity contribution in [3.8, 4) is 28.7 Å². The Morgan fingerprint density at radius 1 is 0.264 bits per heavy atom. The van der Waals surface area contributed by atoms with Crippen LogP contribution in [-0.4, -0.2) is 111 Å². The van der Waals surface area contributed by atoms with Crippen molar-refractivity contribution in [1.82, 2.24) is 22.8 Å². The molecule has 728 valence electrons. The van der Waals surface area contributed by atoms with Gasteiger partial charge in [-0.05, 0) is 275 Å². The van der Waals surface area contributed by atoms with Crippen LogP contribution in [0.3, 0.4) is 0 Å². The quantitative estimate of drug-likeness (QED) is 0.0224. The van der Waals surface area contributed by atoms with E-state index in [1.807, 2.05) is 259 Å². The Labute approximate surface area is 844 Å². The van der Waals surface area contributed by atoms with Crippen molar-refractivity contribution < 1.29 is 73.2 Å². The summed E-state index contributed by atoms with van der Waals surface area (Å²) in [6.07, 6.45) is 19.3. The molecule has 0 unspecified atom stereocenters. The highest BCUT2D eigenvalue weighted by molar-refractivity contribution is 6.36. The Kier molecular flexibility index (Phi) is 37.8. The number of para-hydroxylation sites is 2. The van der Waals surface area contributed by atoms with Crippen LogP contribution in [0.2, 0.25) is 30.1 Å². The van der Waals surface area contributed by atoms with Crippen molar-refractivity contribution in [2.75, 3.05) is 33.0 Å². The molecule has 5 N–H and O–H groups in total. The number of benzene rings is 12. The van der Waals surface area contributed by atoms with Crippen LogP contribution in [0.1, 0.15) is 125 Å². The van der Waals surface area contributed by atoms with Gasteiger partial charge >= 0.3 is 29.8 Å². The lowest BCUT2D eigenvalue weighted by atomic mass is 10.1. The van der Waals surface area contributed by atoms with Gasteiger partial charge in [-0.25, -0.2) is 0 Å². The second kappa shape index (κ2) is 50.7. The van der Waals surface area contributed by atoms with Gasteiger partial charge in [-0.2, -0.15) is 0 Å². The number of hydrogen-bond acceptors (Lipinski definition) is 10. The zero-order valence-corrected chi connectivity index (χ0v) is 83.8. The molecule has 12 aromatic carbocycles. The molecule has 0 aliphatic heterocycles. The number of carbonyl (C=O) groups is 5. The van der Waals surface area contributed by atoms with Crippen molar-refractivity contribution in [1.29, 1.82) is 0 Å². The van der Waals surface area contributed by atoms with Gasteiger partial charge in [-0.1, -0.05) is 197 Å². The third-order valence-corrected chi connectivity index (χ3v) is 26.9. The SMILES string of the molecule is Cc1cc(OCCCc2cn(CCC(=O)O)c3cc(Cl)ccc23)cc(C)c1Cl.Cc1cc(OCCCc2cn(CCC(=O)O)c3cccc(Cl)c23)cc(C)c1Cl.Cc1cc(OCCCc2cn(CCC(=O)O)c3ccccc23)cc(C)c1Cl.O=C(O)CCn1cc(CCCOc2cccc3ccccc23)c2ccc(Cl)cc21.O=C(O)CCn1cc(CCCOc2cccc3ccccc23)c2ccccc21. The summed E-state index contributed by atoms with van der Waals surface area (Å²) in [7, 11) is 0. The average molecular weight is 2010 g/mol. The topological polar surface area (TPSA) is 257 Å². The highest BCUT2D eigenvalue weighted by atomic mass is 35.5. The van der Waals surface area contributed by atoms with Crippen LogP contribution in [0, 0.1) is 41.5 Å². The first-order valence-corrected chi connectivity index (χ1v) is 49.2. The van der Waals surface area contributed by atoms with Gasteiger partial charge in [-0.15, -0.1) is 0 Å². The lowest BCUT2D eigenvalue weighted by Crippen LogP contribution is -2.03. The first-order chi connectivity index (χ1) is 67.5. The molecule has 0 aliphatic rings. The number of hydrogen-bond donors (Lipinski definition) is 5. The van der Waals surface area contributed by atoms with Crippen LogP contribution < -0.4 is 23.7 Å². The largest absolute Gasteiger partial charge is 0.494 e. The maximum Gasteiger partial charge on any atom is 0.305 e. The summed E-state index contributed by atoms with van der Waals surface area (Å²) >= 11 is 37.3. The summed E-state index contributed by atoms with van der Waals surface area (Å²) in [5.74, 6) is 0.327.